The number of aromatic nitrogens is 5. The molecule has 0 unspecified atom stereocenters. The number of amides is 2. The topological polar surface area (TPSA) is 291 Å². The van der Waals surface area contributed by atoms with Crippen molar-refractivity contribution in [1.29, 1.82) is 0 Å². The molecule has 5 N–H and O–H groups in total. The van der Waals surface area contributed by atoms with Crippen LogP contribution in [0.5, 0.6) is 0 Å². The van der Waals surface area contributed by atoms with E-state index in [1.54, 1.807) is 72.4 Å². The first-order valence-corrected chi connectivity index (χ1v) is 30.7. The lowest BCUT2D eigenvalue weighted by Crippen LogP contribution is -2.21. The summed E-state index contributed by atoms with van der Waals surface area (Å²) in [5.74, 6) is -2.09. The number of rotatable bonds is 25. The molecule has 26 heteroatoms. The second-order valence-electron chi connectivity index (χ2n) is 18.6. The van der Waals surface area contributed by atoms with E-state index in [0.29, 0.717) is 62.9 Å². The third-order valence-corrected chi connectivity index (χ3v) is 16.7. The molecule has 7 aromatic rings. The van der Waals surface area contributed by atoms with Crippen molar-refractivity contribution >= 4 is 148 Å². The van der Waals surface area contributed by atoms with Gasteiger partial charge in [-0.05, 0) is 127 Å². The van der Waals surface area contributed by atoms with E-state index in [1.165, 1.54) is 19.2 Å². The Bertz CT molecular complexity index is 3710. The molecule has 1 saturated carbocycles. The summed E-state index contributed by atoms with van der Waals surface area (Å²) >= 11 is 3.41. The molecule has 8 rings (SSSR count). The second-order valence-corrected chi connectivity index (χ2v) is 23.2. The van der Waals surface area contributed by atoms with Crippen LogP contribution in [0, 0.1) is 0 Å². The van der Waals surface area contributed by atoms with E-state index < -0.39 is 38.5 Å². The molecule has 0 aliphatic heterocycles. The van der Waals surface area contributed by atoms with E-state index in [9.17, 15) is 32.1 Å². The van der Waals surface area contributed by atoms with Crippen LogP contribution in [0.2, 0.25) is 0 Å². The van der Waals surface area contributed by atoms with Gasteiger partial charge in [-0.25, -0.2) is 9.97 Å². The van der Waals surface area contributed by atoms with Gasteiger partial charge in [0.15, 0.2) is 16.7 Å². The van der Waals surface area contributed by atoms with Crippen molar-refractivity contribution in [2.45, 2.75) is 89.1 Å². The fourth-order valence-electron chi connectivity index (χ4n) is 8.66. The van der Waals surface area contributed by atoms with Crippen LogP contribution in [-0.2, 0) is 29.3 Å². The Morgan fingerprint density at radius 1 is 0.639 bits per heavy atom. The van der Waals surface area contributed by atoms with Gasteiger partial charge in [-0.1, -0.05) is 90.1 Å². The summed E-state index contributed by atoms with van der Waals surface area (Å²) in [6, 6.07) is 28.4. The van der Waals surface area contributed by atoms with Gasteiger partial charge in [0.25, 0.3) is 11.8 Å². The molecule has 1 aliphatic carbocycles. The van der Waals surface area contributed by atoms with Gasteiger partial charge >= 0.3 is 10.1 Å². The first-order valence-electron chi connectivity index (χ1n) is 26.7. The van der Waals surface area contributed by atoms with Gasteiger partial charge in [-0.15, -0.1) is 20.5 Å². The molecule has 3 heterocycles. The number of Topliss-reactive ketones (excluding diaryl/α,β-unsaturated/α-hetero) is 2. The van der Waals surface area contributed by atoms with Crippen LogP contribution in [-0.4, -0.2) is 92.7 Å². The number of thiazole rings is 2. The minimum absolute atomic E-state index is 0.0475. The molecule has 0 spiro atoms. The van der Waals surface area contributed by atoms with Crippen molar-refractivity contribution in [3.8, 4) is 0 Å². The van der Waals surface area contributed by atoms with Crippen LogP contribution < -0.4 is 31.1 Å². The number of hydrogen-bond donors (Lipinski definition) is 5. The van der Waals surface area contributed by atoms with E-state index in [4.69, 9.17) is 15.0 Å². The van der Waals surface area contributed by atoms with E-state index in [-0.39, 0.29) is 49.1 Å². The molecule has 1 aliphatic rings. The summed E-state index contributed by atoms with van der Waals surface area (Å²) < 4.78 is 35.6. The Morgan fingerprint density at radius 2 is 1.13 bits per heavy atom. The van der Waals surface area contributed by atoms with Crippen molar-refractivity contribution in [1.82, 2.24) is 24.9 Å². The van der Waals surface area contributed by atoms with Gasteiger partial charge < -0.3 is 31.1 Å². The molecule has 83 heavy (non-hydrogen) atoms. The quantitative estimate of drug-likeness (QED) is 0.0117. The zero-order valence-electron chi connectivity index (χ0n) is 46.4. The lowest BCUT2D eigenvalue weighted by Gasteiger charge is -2.23. The summed E-state index contributed by atoms with van der Waals surface area (Å²) in [6.07, 6.45) is 9.35. The van der Waals surface area contributed by atoms with Crippen molar-refractivity contribution < 1.29 is 32.1 Å². The summed E-state index contributed by atoms with van der Waals surface area (Å²) in [4.78, 5) is 79.7. The SMILES string of the molecule is CCN(CC)c1ccc(/N=N/c2ncc(/C=C(\C(C)=O)C(=O)Nc3ccccc3)s2)c(Nc2nc(Nc3cc(N(CC)CC)ccc3/N=N/c3nc(S(=O)(=O)O)c(/C=C(/C(C)=O)C(=O)Nc4ccccc4)s3)nc(SC3CCCCC3)n2)c1. The van der Waals surface area contributed by atoms with Gasteiger partial charge in [-0.3, -0.25) is 23.7 Å². The number of anilines is 8. The molecular weight excluding hydrogens is 1130 g/mol. The number of nitrogens with zero attached hydrogens (tertiary/aromatic N) is 11. The first-order chi connectivity index (χ1) is 40.0. The van der Waals surface area contributed by atoms with Crippen molar-refractivity contribution in [2.24, 2.45) is 20.5 Å². The molecule has 22 nitrogen and oxygen atoms in total. The van der Waals surface area contributed by atoms with Gasteiger partial charge in [0, 0.05) is 60.4 Å². The fourth-order valence-corrected chi connectivity index (χ4v) is 12.2. The molecule has 0 saturated heterocycles. The average molecular weight is 1200 g/mol. The maximum atomic E-state index is 13.3. The molecule has 0 atom stereocenters. The number of thioether (sulfide) groups is 1. The van der Waals surface area contributed by atoms with Crippen molar-refractivity contribution in [3.05, 3.63) is 124 Å². The maximum Gasteiger partial charge on any atom is 0.313 e. The first kappa shape index (κ1) is 60.7. The number of carbonyl (C=O) groups excluding carboxylic acids is 4. The zero-order chi connectivity index (χ0) is 59.0. The molecule has 3 aromatic heterocycles. The van der Waals surface area contributed by atoms with Crippen LogP contribution in [0.1, 0.15) is 83.4 Å². The van der Waals surface area contributed by atoms with Crippen LogP contribution >= 0.6 is 34.4 Å². The summed E-state index contributed by atoms with van der Waals surface area (Å²) in [7, 11) is -4.98. The summed E-state index contributed by atoms with van der Waals surface area (Å²) in [5, 5.41) is 30.1. The van der Waals surface area contributed by atoms with Crippen molar-refractivity contribution in [2.75, 3.05) is 57.2 Å². The largest absolute Gasteiger partial charge is 0.372 e. The lowest BCUT2D eigenvalue weighted by molar-refractivity contribution is -0.120. The minimum atomic E-state index is -4.98. The number of nitrogens with one attached hydrogen (secondary N) is 4. The number of para-hydroxylation sites is 2. The van der Waals surface area contributed by atoms with Crippen LogP contribution in [0.4, 0.5) is 67.7 Å². The van der Waals surface area contributed by atoms with Gasteiger partial charge in [0.1, 0.15) is 11.4 Å². The molecule has 430 valence electrons. The predicted molar refractivity (Wildman–Crippen MR) is 329 cm³/mol. The lowest BCUT2D eigenvalue weighted by atomic mass is 10.0. The third kappa shape index (κ3) is 16.6. The Morgan fingerprint density at radius 3 is 1.61 bits per heavy atom. The third-order valence-electron chi connectivity index (χ3n) is 12.9. The van der Waals surface area contributed by atoms with E-state index in [2.05, 4.69) is 75.3 Å². The van der Waals surface area contributed by atoms with Crippen LogP contribution in [0.15, 0.2) is 145 Å². The number of ketones is 2. The standard InChI is InChI=1S/C57H61N15O7S4/c1-7-71(8-2)39-26-28-45(67-69-55-58-34-42(81-55)32-43(35(5)73)50(75)59-37-20-14-11-15-21-37)47(30-39)61-53-64-54(66-56(65-53)80-41-24-18-13-19-25-41)62-48-31-40(72(9-3)10-4)27-29-46(48)68-70-57-63-52(83(77,78)79)49(82-57)33-44(36(6)74)51(76)60-38-22-16-12-17-23-38/h11-12,14-17,20-23,26-34,41H,7-10,13,18-19,24-25H2,1-6H3,(H,59,75)(H,60,76)(H,77,78,79)(H2,61,62,64,65,66)/b43-32+,44-33-,69-67+,70-68+. The van der Waals surface area contributed by atoms with E-state index in [1.807, 2.05) is 50.2 Å². The zero-order valence-corrected chi connectivity index (χ0v) is 49.6. The van der Waals surface area contributed by atoms with Gasteiger partial charge in [0.05, 0.1) is 32.3 Å². The van der Waals surface area contributed by atoms with E-state index >= 15 is 0 Å². The molecule has 4 aromatic carbocycles. The van der Waals surface area contributed by atoms with Gasteiger partial charge in [0.2, 0.25) is 27.2 Å². The predicted octanol–water partition coefficient (Wildman–Crippen LogP) is 13.7. The molecular formula is C57H61N15O7S4. The number of hydrogen-bond acceptors (Lipinski definition) is 22. The maximum absolute atomic E-state index is 13.3. The van der Waals surface area contributed by atoms with Crippen LogP contribution in [0.3, 0.4) is 0 Å². The highest BCUT2D eigenvalue weighted by molar-refractivity contribution is 7.99. The molecule has 1 fully saturated rings. The monoisotopic (exact) mass is 1200 g/mol. The normalized spacial score (nSPS) is 13.3. The average Bonchev–Trinajstić information content (AvgIpc) is 4.36. The second kappa shape index (κ2) is 28.5. The number of azo groups is 2. The summed E-state index contributed by atoms with van der Waals surface area (Å²) in [5.41, 5.74) is 3.88. The highest BCUT2D eigenvalue weighted by Crippen LogP contribution is 2.39. The smallest absolute Gasteiger partial charge is 0.313 e. The van der Waals surface area contributed by atoms with Crippen molar-refractivity contribution in [3.63, 3.8) is 0 Å². The van der Waals surface area contributed by atoms with E-state index in [0.717, 1.165) is 80.9 Å². The Balaban J connectivity index is 1.14. The van der Waals surface area contributed by atoms with Gasteiger partial charge in [-0.2, -0.15) is 23.4 Å². The fraction of sp³-hybridized carbons (Fsp3) is 0.281. The molecule has 0 radical (unpaired) electrons. The molecule has 2 amide bonds. The Kier molecular flexibility index (Phi) is 20.8. The highest BCUT2D eigenvalue weighted by atomic mass is 32.2. The Hall–Kier alpha value is -8.43. The van der Waals surface area contributed by atoms with Crippen LogP contribution in [0.25, 0.3) is 12.2 Å². The summed E-state index contributed by atoms with van der Waals surface area (Å²) in [6.45, 7) is 13.5. The number of carbonyl (C=O) groups is 4. The minimum Gasteiger partial charge on any atom is -0.372 e. The molecule has 0 bridgehead atoms. The Labute approximate surface area is 493 Å². The highest BCUT2D eigenvalue weighted by Gasteiger charge is 2.25. The number of benzene rings is 4.